The minimum absolute atomic E-state index is 0.171. The lowest BCUT2D eigenvalue weighted by molar-refractivity contribution is -0.134. The molecule has 3 atom stereocenters. The fourth-order valence-electron chi connectivity index (χ4n) is 2.81. The van der Waals surface area contributed by atoms with Crippen LogP contribution in [0, 0.1) is 17.3 Å². The molecule has 1 saturated carbocycles. The number of carbonyl (C=O) groups is 1. The molecular weight excluding hydrogens is 192 g/mol. The van der Waals surface area contributed by atoms with Gasteiger partial charge in [-0.3, -0.25) is 4.79 Å². The van der Waals surface area contributed by atoms with Gasteiger partial charge in [0.2, 0.25) is 0 Å². The molecule has 1 fully saturated rings. The Hall–Kier alpha value is -0.830. The van der Waals surface area contributed by atoms with E-state index in [0.717, 1.165) is 12.8 Å². The number of aliphatic hydroxyl groups is 1. The van der Waals surface area contributed by atoms with Gasteiger partial charge in [0, 0.05) is 6.92 Å². The van der Waals surface area contributed by atoms with Crippen molar-refractivity contribution < 1.29 is 15.0 Å². The van der Waals surface area contributed by atoms with Crippen molar-refractivity contribution in [1.82, 2.24) is 0 Å². The molecule has 0 aromatic heterocycles. The van der Waals surface area contributed by atoms with E-state index >= 15 is 0 Å². The van der Waals surface area contributed by atoms with Gasteiger partial charge in [-0.25, -0.2) is 0 Å². The Labute approximate surface area is 90.8 Å². The average Bonchev–Trinajstić information content (AvgIpc) is 1.99. The summed E-state index contributed by atoms with van der Waals surface area (Å²) in [5.74, 6) is 0.437. The number of rotatable bonds is 0. The molecular formula is C12H20O3. The third kappa shape index (κ3) is 2.23. The molecule has 2 N–H and O–H groups in total. The standard InChI is InChI=1S/C10H16O.C2H4O2/c1-6-4-9(11)8-5-7(6)10(8,2)3;1-2(3)4/h4,7-9,11H,5H2,1-3H3;1H3,(H,3,4). The third-order valence-electron chi connectivity index (χ3n) is 3.74. The highest BCUT2D eigenvalue weighted by molar-refractivity contribution is 5.62. The molecule has 0 saturated heterocycles. The highest BCUT2D eigenvalue weighted by atomic mass is 16.4. The summed E-state index contributed by atoms with van der Waals surface area (Å²) in [6, 6.07) is 0. The summed E-state index contributed by atoms with van der Waals surface area (Å²) >= 11 is 0. The first-order valence-electron chi connectivity index (χ1n) is 5.32. The molecule has 3 heteroatoms. The van der Waals surface area contributed by atoms with E-state index in [1.165, 1.54) is 12.0 Å². The number of hydrogen-bond donors (Lipinski definition) is 2. The molecule has 0 radical (unpaired) electrons. The van der Waals surface area contributed by atoms with Gasteiger partial charge in [0.05, 0.1) is 6.10 Å². The van der Waals surface area contributed by atoms with Crippen LogP contribution in [-0.2, 0) is 4.79 Å². The zero-order valence-corrected chi connectivity index (χ0v) is 9.82. The lowest BCUT2D eigenvalue weighted by Crippen LogP contribution is -2.53. The van der Waals surface area contributed by atoms with E-state index in [2.05, 4.69) is 20.8 Å². The SMILES string of the molecule is CC(=O)O.CC1=CC(O)C2CC1C2(C)C. The van der Waals surface area contributed by atoms with Crippen LogP contribution in [0.25, 0.3) is 0 Å². The Bertz CT molecular complexity index is 287. The van der Waals surface area contributed by atoms with Crippen LogP contribution in [0.3, 0.4) is 0 Å². The maximum Gasteiger partial charge on any atom is 0.300 e. The summed E-state index contributed by atoms with van der Waals surface area (Å²) in [4.78, 5) is 9.00. The number of aliphatic carboxylic acids is 1. The van der Waals surface area contributed by atoms with Gasteiger partial charge >= 0.3 is 0 Å². The van der Waals surface area contributed by atoms with Crippen LogP contribution in [-0.4, -0.2) is 22.3 Å². The lowest BCUT2D eigenvalue weighted by Gasteiger charge is -2.57. The van der Waals surface area contributed by atoms with Gasteiger partial charge in [-0.2, -0.15) is 0 Å². The van der Waals surface area contributed by atoms with Gasteiger partial charge in [0.25, 0.3) is 5.97 Å². The quantitative estimate of drug-likeness (QED) is 0.604. The van der Waals surface area contributed by atoms with Crippen molar-refractivity contribution >= 4 is 5.97 Å². The zero-order chi connectivity index (χ0) is 11.8. The van der Waals surface area contributed by atoms with E-state index in [1.807, 2.05) is 6.08 Å². The van der Waals surface area contributed by atoms with Gasteiger partial charge in [0.1, 0.15) is 0 Å². The Kier molecular flexibility index (Phi) is 3.24. The second-order valence-electron chi connectivity index (χ2n) is 5.14. The summed E-state index contributed by atoms with van der Waals surface area (Å²) in [5.41, 5.74) is 1.75. The van der Waals surface area contributed by atoms with Crippen LogP contribution in [0.5, 0.6) is 0 Å². The van der Waals surface area contributed by atoms with Crippen molar-refractivity contribution in [3.63, 3.8) is 0 Å². The zero-order valence-electron chi connectivity index (χ0n) is 9.82. The highest BCUT2D eigenvalue weighted by Gasteiger charge is 2.53. The smallest absolute Gasteiger partial charge is 0.300 e. The molecule has 86 valence electrons. The number of allylic oxidation sites excluding steroid dienone is 1. The molecule has 0 aromatic rings. The van der Waals surface area contributed by atoms with Crippen molar-refractivity contribution in [2.45, 2.75) is 40.2 Å². The second kappa shape index (κ2) is 3.97. The normalized spacial score (nSPS) is 35.5. The summed E-state index contributed by atoms with van der Waals surface area (Å²) in [6.45, 7) is 7.77. The van der Waals surface area contributed by atoms with Crippen LogP contribution in [0.2, 0.25) is 0 Å². The van der Waals surface area contributed by atoms with Crippen LogP contribution in [0.15, 0.2) is 11.6 Å². The predicted octanol–water partition coefficient (Wildman–Crippen LogP) is 2.06. The molecule has 0 aliphatic heterocycles. The summed E-state index contributed by atoms with van der Waals surface area (Å²) in [5, 5.41) is 17.1. The monoisotopic (exact) mass is 212 g/mol. The van der Waals surface area contributed by atoms with Gasteiger partial charge in [0.15, 0.2) is 0 Å². The Balaban J connectivity index is 0.000000245. The van der Waals surface area contributed by atoms with Crippen LogP contribution in [0.4, 0.5) is 0 Å². The molecule has 3 aliphatic rings. The molecule has 0 aromatic carbocycles. The van der Waals surface area contributed by atoms with Gasteiger partial charge in [-0.05, 0) is 30.6 Å². The van der Waals surface area contributed by atoms with E-state index in [1.54, 1.807) is 0 Å². The fourth-order valence-corrected chi connectivity index (χ4v) is 2.81. The van der Waals surface area contributed by atoms with Gasteiger partial charge < -0.3 is 10.2 Å². The van der Waals surface area contributed by atoms with Crippen molar-refractivity contribution in [2.75, 3.05) is 0 Å². The highest BCUT2D eigenvalue weighted by Crippen LogP contribution is 2.58. The van der Waals surface area contributed by atoms with Crippen molar-refractivity contribution in [3.8, 4) is 0 Å². The topological polar surface area (TPSA) is 57.5 Å². The van der Waals surface area contributed by atoms with Gasteiger partial charge in [-0.1, -0.05) is 25.5 Å². The Morgan fingerprint density at radius 2 is 2.00 bits per heavy atom. The van der Waals surface area contributed by atoms with E-state index in [9.17, 15) is 5.11 Å². The first kappa shape index (κ1) is 12.2. The maximum atomic E-state index is 9.65. The molecule has 2 bridgehead atoms. The third-order valence-corrected chi connectivity index (χ3v) is 3.74. The fraction of sp³-hybridized carbons (Fsp3) is 0.750. The first-order valence-corrected chi connectivity index (χ1v) is 5.32. The van der Waals surface area contributed by atoms with Gasteiger partial charge in [-0.15, -0.1) is 0 Å². The summed E-state index contributed by atoms with van der Waals surface area (Å²) in [7, 11) is 0. The van der Waals surface area contributed by atoms with Crippen molar-refractivity contribution in [3.05, 3.63) is 11.6 Å². The minimum atomic E-state index is -0.833. The Morgan fingerprint density at radius 3 is 2.27 bits per heavy atom. The summed E-state index contributed by atoms with van der Waals surface area (Å²) in [6.07, 6.45) is 3.07. The number of carboxylic acids is 1. The van der Waals surface area contributed by atoms with E-state index < -0.39 is 5.97 Å². The maximum absolute atomic E-state index is 9.65. The summed E-state index contributed by atoms with van der Waals surface area (Å²) < 4.78 is 0. The number of aliphatic hydroxyl groups excluding tert-OH is 1. The average molecular weight is 212 g/mol. The second-order valence-corrected chi connectivity index (χ2v) is 5.14. The molecule has 15 heavy (non-hydrogen) atoms. The minimum Gasteiger partial charge on any atom is -0.481 e. The first-order chi connectivity index (χ1) is 6.76. The van der Waals surface area contributed by atoms with E-state index in [4.69, 9.17) is 9.90 Å². The van der Waals surface area contributed by atoms with Crippen molar-refractivity contribution in [1.29, 1.82) is 0 Å². The molecule has 3 unspecified atom stereocenters. The molecule has 3 nitrogen and oxygen atoms in total. The molecule has 0 heterocycles. The van der Waals surface area contributed by atoms with Crippen LogP contribution >= 0.6 is 0 Å². The van der Waals surface area contributed by atoms with E-state index in [-0.39, 0.29) is 6.10 Å². The largest absolute Gasteiger partial charge is 0.481 e. The van der Waals surface area contributed by atoms with Crippen molar-refractivity contribution in [2.24, 2.45) is 17.3 Å². The van der Waals surface area contributed by atoms with Crippen LogP contribution in [0.1, 0.15) is 34.1 Å². The van der Waals surface area contributed by atoms with Crippen LogP contribution < -0.4 is 0 Å². The predicted molar refractivity (Wildman–Crippen MR) is 58.5 cm³/mol. The Morgan fingerprint density at radius 1 is 1.53 bits per heavy atom. The molecule has 0 amide bonds. The van der Waals surface area contributed by atoms with E-state index in [0.29, 0.717) is 11.3 Å². The number of fused-ring (bicyclic) bond motifs is 1. The lowest BCUT2D eigenvalue weighted by atomic mass is 9.48. The number of hydrogen-bond acceptors (Lipinski definition) is 2. The number of carboxylic acid groups (broad SMARTS) is 1. The molecule has 3 rings (SSSR count). The molecule has 3 aliphatic carbocycles. The molecule has 0 spiro atoms.